The Morgan fingerprint density at radius 2 is 1.12 bits per heavy atom. The molecule has 18 nitrogen and oxygen atoms in total. The van der Waals surface area contributed by atoms with Gasteiger partial charge in [0.1, 0.15) is 17.6 Å². The molecule has 100 heavy (non-hydrogen) atoms. The Hall–Kier alpha value is -9.92. The summed E-state index contributed by atoms with van der Waals surface area (Å²) >= 11 is 1.72. The van der Waals surface area contributed by atoms with Crippen molar-refractivity contribution < 1.29 is 24.0 Å². The van der Waals surface area contributed by atoms with Crippen LogP contribution in [-0.2, 0) is 43.4 Å². The van der Waals surface area contributed by atoms with Crippen molar-refractivity contribution in [3.05, 3.63) is 172 Å². The maximum Gasteiger partial charge on any atom is 0.249 e. The number of anilines is 1. The SMILES string of the molecule is C#CCCC1(CCC(=O)CC2N=C(c3ccccc3)c3ccccc3NC2=O)N=N1.C#CCCC1(CCC(=O)Cc2ccc(C3CCNCC3)cc2)N=N1.C#CCCC1(CCC(=O)N2CCCCC2Cc2ccccc2)N=N1.C#CCCC1(CCC(=O)NCc2ccc3sccc3c2)N=N1. The summed E-state index contributed by atoms with van der Waals surface area (Å²) in [4.78, 5) is 69.2. The van der Waals surface area contributed by atoms with Crippen LogP contribution in [0.4, 0.5) is 5.69 Å². The highest BCUT2D eigenvalue weighted by Crippen LogP contribution is 2.41. The Labute approximate surface area is 592 Å². The monoisotopic (exact) mass is 1360 g/mol. The van der Waals surface area contributed by atoms with E-state index in [4.69, 9.17) is 30.7 Å². The van der Waals surface area contributed by atoms with Crippen molar-refractivity contribution in [2.24, 2.45) is 45.9 Å². The number of aliphatic imine (C=N–C) groups is 1. The van der Waals surface area contributed by atoms with E-state index < -0.39 is 11.7 Å². The maximum absolute atomic E-state index is 12.8. The Bertz CT molecular complexity index is 4120. The average molecular weight is 1360 g/mol. The lowest BCUT2D eigenvalue weighted by molar-refractivity contribution is -0.135. The summed E-state index contributed by atoms with van der Waals surface area (Å²) < 4.78 is 1.27. The minimum atomic E-state index is -0.783. The Kier molecular flexibility index (Phi) is 26.0. The van der Waals surface area contributed by atoms with Gasteiger partial charge < -0.3 is 20.9 Å². The fraction of sp³-hybridized carbons (Fsp3) is 0.432. The number of thiophene rings is 1. The molecule has 0 radical (unpaired) electrons. The predicted molar refractivity (Wildman–Crippen MR) is 393 cm³/mol. The van der Waals surface area contributed by atoms with Crippen LogP contribution in [-0.4, -0.2) is 94.3 Å². The first-order valence-electron chi connectivity index (χ1n) is 35.2. The van der Waals surface area contributed by atoms with E-state index in [0.717, 1.165) is 80.4 Å². The van der Waals surface area contributed by atoms with Crippen molar-refractivity contribution in [3.63, 3.8) is 0 Å². The second-order valence-electron chi connectivity index (χ2n) is 26.7. The number of fused-ring (bicyclic) bond motifs is 2. The maximum atomic E-state index is 12.8. The number of nitrogens with one attached hydrogen (secondary N) is 3. The number of hydrogen-bond donors (Lipinski definition) is 3. The largest absolute Gasteiger partial charge is 0.352 e. The normalized spacial score (nSPS) is 18.4. The molecule has 2 saturated heterocycles. The third kappa shape index (κ3) is 22.0. The highest BCUT2D eigenvalue weighted by Gasteiger charge is 2.43. The smallest absolute Gasteiger partial charge is 0.249 e. The third-order valence-electron chi connectivity index (χ3n) is 19.3. The number of benzodiazepines with no additional fused rings is 1. The number of para-hydroxylation sites is 1. The molecule has 0 spiro atoms. The summed E-state index contributed by atoms with van der Waals surface area (Å²) in [6, 6.07) is 44.2. The van der Waals surface area contributed by atoms with E-state index in [1.807, 2.05) is 60.7 Å². The number of hydrogen-bond acceptors (Lipinski definition) is 16. The number of rotatable bonds is 30. The molecular weight excluding hydrogens is 1270 g/mol. The molecule has 8 heterocycles. The zero-order valence-electron chi connectivity index (χ0n) is 57.0. The predicted octanol–water partition coefficient (Wildman–Crippen LogP) is 15.6. The second kappa shape index (κ2) is 35.7. The molecule has 19 heteroatoms. The fourth-order valence-corrected chi connectivity index (χ4v) is 13.7. The highest BCUT2D eigenvalue weighted by molar-refractivity contribution is 7.17. The van der Waals surface area contributed by atoms with E-state index >= 15 is 0 Å². The summed E-state index contributed by atoms with van der Waals surface area (Å²) in [5.74, 6) is 11.3. The summed E-state index contributed by atoms with van der Waals surface area (Å²) in [6.07, 6.45) is 38.3. The van der Waals surface area contributed by atoms with Gasteiger partial charge in [0.2, 0.25) is 17.7 Å². The molecule has 2 atom stereocenters. The van der Waals surface area contributed by atoms with Gasteiger partial charge in [0.25, 0.3) is 0 Å². The molecule has 0 aliphatic carbocycles. The number of ketones is 2. The van der Waals surface area contributed by atoms with Gasteiger partial charge in [0, 0.05) is 151 Å². The topological polar surface area (TPSA) is 236 Å². The Morgan fingerprint density at radius 1 is 0.570 bits per heavy atom. The number of amides is 3. The molecule has 3 amide bonds. The fourth-order valence-electron chi connectivity index (χ4n) is 12.9. The molecule has 3 N–H and O–H groups in total. The van der Waals surface area contributed by atoms with Crippen molar-refractivity contribution in [3.8, 4) is 49.4 Å². The van der Waals surface area contributed by atoms with Crippen molar-refractivity contribution in [2.45, 2.75) is 201 Å². The lowest BCUT2D eigenvalue weighted by atomic mass is 9.89. The van der Waals surface area contributed by atoms with Crippen LogP contribution in [0, 0.1) is 49.4 Å². The molecule has 0 bridgehead atoms. The summed E-state index contributed by atoms with van der Waals surface area (Å²) in [5, 5.41) is 45.2. The summed E-state index contributed by atoms with van der Waals surface area (Å²) in [7, 11) is 0. The number of piperidine rings is 2. The van der Waals surface area contributed by atoms with E-state index in [0.29, 0.717) is 120 Å². The van der Waals surface area contributed by atoms with Crippen LogP contribution in [0.1, 0.15) is 181 Å². The van der Waals surface area contributed by atoms with Crippen molar-refractivity contribution >= 4 is 62.1 Å². The van der Waals surface area contributed by atoms with Gasteiger partial charge in [0.05, 0.1) is 11.4 Å². The summed E-state index contributed by atoms with van der Waals surface area (Å²) in [6.45, 7) is 3.63. The van der Waals surface area contributed by atoms with Gasteiger partial charge in [-0.05, 0) is 115 Å². The van der Waals surface area contributed by atoms with Crippen molar-refractivity contribution in [1.82, 2.24) is 15.5 Å². The van der Waals surface area contributed by atoms with Gasteiger partial charge in [0.15, 0.2) is 22.7 Å². The highest BCUT2D eigenvalue weighted by atomic mass is 32.1. The number of likely N-dealkylation sites (tertiary alicyclic amines) is 1. The van der Waals surface area contributed by atoms with Gasteiger partial charge in [-0.25, -0.2) is 0 Å². The molecule has 7 aliphatic heterocycles. The number of Topliss-reactive ketones (excluding diaryl/α,β-unsaturated/α-hetero) is 2. The first-order chi connectivity index (χ1) is 48.7. The molecule has 7 aliphatic rings. The van der Waals surface area contributed by atoms with Crippen LogP contribution < -0.4 is 16.0 Å². The van der Waals surface area contributed by atoms with Crippen molar-refractivity contribution in [2.75, 3.05) is 25.0 Å². The lowest BCUT2D eigenvalue weighted by Crippen LogP contribution is -2.45. The van der Waals surface area contributed by atoms with Crippen LogP contribution >= 0.6 is 11.3 Å². The molecule has 2 unspecified atom stereocenters. The molecular formula is C81H89N13O5S. The molecule has 6 aromatic rings. The minimum Gasteiger partial charge on any atom is -0.352 e. The van der Waals surface area contributed by atoms with Crippen LogP contribution in [0.3, 0.4) is 0 Å². The number of terminal acetylenes is 4. The molecule has 514 valence electrons. The van der Waals surface area contributed by atoms with E-state index in [9.17, 15) is 24.0 Å². The van der Waals surface area contributed by atoms with Crippen LogP contribution in [0.15, 0.2) is 185 Å². The van der Waals surface area contributed by atoms with Gasteiger partial charge in [-0.1, -0.05) is 109 Å². The average Bonchev–Trinajstić information content (AvgIpc) is 1.49. The zero-order valence-corrected chi connectivity index (χ0v) is 57.9. The first-order valence-corrected chi connectivity index (χ1v) is 36.0. The molecule has 0 saturated carbocycles. The van der Waals surface area contributed by atoms with Crippen LogP contribution in [0.2, 0.25) is 0 Å². The van der Waals surface area contributed by atoms with E-state index in [-0.39, 0.29) is 52.7 Å². The number of benzene rings is 5. The number of nitrogens with zero attached hydrogens (tertiary/aromatic N) is 10. The Balaban J connectivity index is 0.000000145. The molecule has 13 rings (SSSR count). The van der Waals surface area contributed by atoms with Crippen molar-refractivity contribution in [1.29, 1.82) is 0 Å². The third-order valence-corrected chi connectivity index (χ3v) is 20.2. The zero-order chi connectivity index (χ0) is 70.1. The molecule has 1 aromatic heterocycles. The minimum absolute atomic E-state index is 0.0304. The second-order valence-corrected chi connectivity index (χ2v) is 27.6. The van der Waals surface area contributed by atoms with Gasteiger partial charge in [-0.15, -0.1) is 60.7 Å². The van der Waals surface area contributed by atoms with Crippen LogP contribution in [0.5, 0.6) is 0 Å². The van der Waals surface area contributed by atoms with Crippen LogP contribution in [0.25, 0.3) is 10.1 Å². The number of carbonyl (C=O) groups excluding carboxylic acids is 5. The quantitative estimate of drug-likeness (QED) is 0.0371. The van der Waals surface area contributed by atoms with E-state index in [1.54, 1.807) is 11.3 Å². The molecule has 5 aromatic carbocycles. The standard InChI is InChI=1S/C24H22N4O2.2C20H25N3O.C17H17N3OS/c1-2-3-14-24(27-28-24)15-13-18(29)16-21-23(30)26-20-12-8-7-11-19(20)22(25-21)17-9-5-4-6-10-17;1-2-3-11-20(22-23-20)12-8-19(24)15-16-4-6-17(7-5-16)18-9-13-21-14-10-18;1-2-3-13-20(21-22-20)14-12-19(24)23-15-8-7-11-18(23)16-17-9-5-4-6-10-17;1-2-3-8-17(19-20-17)9-6-16(21)18-12-13-4-5-15-14(11-13)7-10-22-15/h1,4-12,21H,3,13-16H2,(H,26,30);1,4-7,18,21H,3,8-15H2;1,4-6,9-10,18H,3,7-8,11-16H2;1,4-5,7,10-11H,3,6,8-9,12H2,(H,18,21). The Morgan fingerprint density at radius 3 is 1.72 bits per heavy atom. The summed E-state index contributed by atoms with van der Waals surface area (Å²) in [5.41, 5.74) is 6.50. The lowest BCUT2D eigenvalue weighted by Gasteiger charge is -2.36. The van der Waals surface area contributed by atoms with Gasteiger partial charge in [-0.3, -0.25) is 29.0 Å². The van der Waals surface area contributed by atoms with Gasteiger partial charge >= 0.3 is 0 Å². The van der Waals surface area contributed by atoms with Gasteiger partial charge in [-0.2, -0.15) is 40.9 Å². The number of carbonyl (C=O) groups is 5. The van der Waals surface area contributed by atoms with E-state index in [2.05, 4.69) is 164 Å². The van der Waals surface area contributed by atoms with E-state index in [1.165, 1.54) is 40.5 Å². The first kappa shape index (κ1) is 72.8. The molecule has 2 fully saturated rings.